The molecular weight excluding hydrogens is 250 g/mol. The zero-order valence-electron chi connectivity index (χ0n) is 10.9. The van der Waals surface area contributed by atoms with E-state index in [2.05, 4.69) is 6.07 Å². The highest BCUT2D eigenvalue weighted by Crippen LogP contribution is 2.31. The number of carbonyl (C=O) groups excluding carboxylic acids is 1. The van der Waals surface area contributed by atoms with Gasteiger partial charge in [-0.25, -0.2) is 0 Å². The number of nitrogens with zero attached hydrogens (tertiary/aromatic N) is 1. The molecule has 20 heavy (non-hydrogen) atoms. The quantitative estimate of drug-likeness (QED) is 0.799. The molecule has 1 fully saturated rings. The molecule has 98 valence electrons. The Labute approximate surface area is 117 Å². The molecule has 1 aliphatic rings. The average Bonchev–Trinajstić information content (AvgIpc) is 2.48. The first-order valence-corrected chi connectivity index (χ1v) is 6.44. The van der Waals surface area contributed by atoms with E-state index in [0.717, 1.165) is 11.1 Å². The van der Waals surface area contributed by atoms with Crippen molar-refractivity contribution < 1.29 is 9.53 Å². The third-order valence-electron chi connectivity index (χ3n) is 3.60. The lowest BCUT2D eigenvalue weighted by Crippen LogP contribution is -2.47. The van der Waals surface area contributed by atoms with Crippen LogP contribution in [0.5, 0.6) is 0 Å². The van der Waals surface area contributed by atoms with Crippen LogP contribution in [0.3, 0.4) is 0 Å². The van der Waals surface area contributed by atoms with Gasteiger partial charge in [0.05, 0.1) is 19.3 Å². The van der Waals surface area contributed by atoms with E-state index in [1.807, 2.05) is 42.5 Å². The summed E-state index contributed by atoms with van der Waals surface area (Å²) in [6.07, 6.45) is 0. The van der Waals surface area contributed by atoms with Crippen LogP contribution in [0.2, 0.25) is 0 Å². The maximum Gasteiger partial charge on any atom is 0.187 e. The third kappa shape index (κ3) is 2.01. The molecule has 0 saturated carbocycles. The largest absolute Gasteiger partial charge is 0.377 e. The van der Waals surface area contributed by atoms with Gasteiger partial charge in [0.15, 0.2) is 11.2 Å². The van der Waals surface area contributed by atoms with Crippen molar-refractivity contribution in [2.24, 2.45) is 5.41 Å². The number of hydrogen-bond acceptors (Lipinski definition) is 3. The predicted molar refractivity (Wildman–Crippen MR) is 75.1 cm³/mol. The summed E-state index contributed by atoms with van der Waals surface area (Å²) in [6.45, 7) is 0.394. The molecular formula is C17H13NO2. The minimum absolute atomic E-state index is 0.147. The molecule has 1 aliphatic heterocycles. The lowest BCUT2D eigenvalue weighted by molar-refractivity contribution is -0.0566. The summed E-state index contributed by atoms with van der Waals surface area (Å²) in [6, 6.07) is 19.4. The van der Waals surface area contributed by atoms with Gasteiger partial charge in [-0.1, -0.05) is 54.6 Å². The van der Waals surface area contributed by atoms with Crippen molar-refractivity contribution in [3.8, 4) is 17.2 Å². The molecule has 1 saturated heterocycles. The molecule has 3 rings (SSSR count). The Morgan fingerprint density at radius 1 is 1.00 bits per heavy atom. The molecule has 0 radical (unpaired) electrons. The van der Waals surface area contributed by atoms with Gasteiger partial charge in [0, 0.05) is 5.56 Å². The van der Waals surface area contributed by atoms with Crippen LogP contribution in [0, 0.1) is 16.7 Å². The minimum atomic E-state index is -0.978. The van der Waals surface area contributed by atoms with Crippen molar-refractivity contribution in [3.05, 3.63) is 60.2 Å². The SMILES string of the molecule is N#CC1(C(=O)c2ccc(-c3ccccc3)cc2)COC1. The zero-order chi connectivity index (χ0) is 14.0. The van der Waals surface area contributed by atoms with Crippen LogP contribution in [0.15, 0.2) is 54.6 Å². The van der Waals surface area contributed by atoms with Gasteiger partial charge in [-0.15, -0.1) is 0 Å². The second-order valence-electron chi connectivity index (χ2n) is 4.96. The highest BCUT2D eigenvalue weighted by molar-refractivity contribution is 6.03. The third-order valence-corrected chi connectivity index (χ3v) is 3.60. The highest BCUT2D eigenvalue weighted by Gasteiger charge is 2.46. The predicted octanol–water partition coefficient (Wildman–Crippen LogP) is 3.08. The summed E-state index contributed by atoms with van der Waals surface area (Å²) in [5, 5.41) is 9.15. The van der Waals surface area contributed by atoms with Crippen LogP contribution >= 0.6 is 0 Å². The molecule has 0 bridgehead atoms. The Morgan fingerprint density at radius 3 is 2.10 bits per heavy atom. The first-order chi connectivity index (χ1) is 9.75. The van der Waals surface area contributed by atoms with E-state index >= 15 is 0 Å². The number of nitriles is 1. The fraction of sp³-hybridized carbons (Fsp3) is 0.176. The van der Waals surface area contributed by atoms with Gasteiger partial charge in [0.2, 0.25) is 0 Å². The maximum absolute atomic E-state index is 12.3. The standard InChI is InChI=1S/C17H13NO2/c18-10-17(11-20-12-17)16(19)15-8-6-14(7-9-15)13-4-2-1-3-5-13/h1-9H,11-12H2. The van der Waals surface area contributed by atoms with Crippen molar-refractivity contribution in [1.29, 1.82) is 5.26 Å². The second-order valence-corrected chi connectivity index (χ2v) is 4.96. The van der Waals surface area contributed by atoms with Crippen LogP contribution in [0.25, 0.3) is 11.1 Å². The summed E-state index contributed by atoms with van der Waals surface area (Å²) < 4.78 is 5.02. The highest BCUT2D eigenvalue weighted by atomic mass is 16.5. The Hall–Kier alpha value is -2.44. The fourth-order valence-electron chi connectivity index (χ4n) is 2.27. The van der Waals surface area contributed by atoms with Gasteiger partial charge < -0.3 is 4.74 Å². The smallest absolute Gasteiger partial charge is 0.187 e. The molecule has 1 heterocycles. The Balaban J connectivity index is 1.87. The number of ether oxygens (including phenoxy) is 1. The molecule has 0 unspecified atom stereocenters. The summed E-state index contributed by atoms with van der Waals surface area (Å²) >= 11 is 0. The van der Waals surface area contributed by atoms with E-state index in [-0.39, 0.29) is 19.0 Å². The number of benzene rings is 2. The molecule has 3 heteroatoms. The van der Waals surface area contributed by atoms with E-state index in [1.165, 1.54) is 0 Å². The van der Waals surface area contributed by atoms with Gasteiger partial charge >= 0.3 is 0 Å². The molecule has 0 N–H and O–H groups in total. The monoisotopic (exact) mass is 263 g/mol. The van der Waals surface area contributed by atoms with Gasteiger partial charge in [0.1, 0.15) is 0 Å². The van der Waals surface area contributed by atoms with Gasteiger partial charge in [-0.3, -0.25) is 4.79 Å². The van der Waals surface area contributed by atoms with Crippen molar-refractivity contribution >= 4 is 5.78 Å². The van der Waals surface area contributed by atoms with Crippen LogP contribution in [-0.4, -0.2) is 19.0 Å². The van der Waals surface area contributed by atoms with E-state index in [1.54, 1.807) is 12.1 Å². The van der Waals surface area contributed by atoms with Crippen molar-refractivity contribution in [1.82, 2.24) is 0 Å². The Morgan fingerprint density at radius 2 is 1.60 bits per heavy atom. The first-order valence-electron chi connectivity index (χ1n) is 6.44. The summed E-state index contributed by atoms with van der Waals surface area (Å²) in [5.74, 6) is -0.147. The molecule has 0 atom stereocenters. The van der Waals surface area contributed by atoms with Crippen LogP contribution in [-0.2, 0) is 4.74 Å². The molecule has 0 aliphatic carbocycles. The van der Waals surface area contributed by atoms with Gasteiger partial charge in [-0.05, 0) is 11.1 Å². The van der Waals surface area contributed by atoms with E-state index < -0.39 is 5.41 Å². The number of hydrogen-bond donors (Lipinski definition) is 0. The number of ketones is 1. The van der Waals surface area contributed by atoms with Gasteiger partial charge in [0.25, 0.3) is 0 Å². The normalized spacial score (nSPS) is 15.9. The number of carbonyl (C=O) groups is 1. The topological polar surface area (TPSA) is 50.1 Å². The van der Waals surface area contributed by atoms with Crippen molar-refractivity contribution in [2.75, 3.05) is 13.2 Å². The van der Waals surface area contributed by atoms with Crippen LogP contribution in [0.1, 0.15) is 10.4 Å². The average molecular weight is 263 g/mol. The molecule has 2 aromatic rings. The molecule has 0 aromatic heterocycles. The van der Waals surface area contributed by atoms with E-state index in [4.69, 9.17) is 10.00 Å². The van der Waals surface area contributed by atoms with Crippen molar-refractivity contribution in [2.45, 2.75) is 0 Å². The molecule has 0 amide bonds. The van der Waals surface area contributed by atoms with E-state index in [9.17, 15) is 4.79 Å². The summed E-state index contributed by atoms with van der Waals surface area (Å²) in [7, 11) is 0. The summed E-state index contributed by atoms with van der Waals surface area (Å²) in [4.78, 5) is 12.3. The molecule has 3 nitrogen and oxygen atoms in total. The number of rotatable bonds is 3. The maximum atomic E-state index is 12.3. The zero-order valence-corrected chi connectivity index (χ0v) is 10.9. The fourth-order valence-corrected chi connectivity index (χ4v) is 2.27. The van der Waals surface area contributed by atoms with E-state index in [0.29, 0.717) is 5.56 Å². The first kappa shape index (κ1) is 12.6. The number of Topliss-reactive ketones (excluding diaryl/α,β-unsaturated/α-hetero) is 1. The van der Waals surface area contributed by atoms with Crippen LogP contribution < -0.4 is 0 Å². The Bertz CT molecular complexity index is 664. The van der Waals surface area contributed by atoms with Crippen molar-refractivity contribution in [3.63, 3.8) is 0 Å². The lowest BCUT2D eigenvalue weighted by Gasteiger charge is -2.33. The Kier molecular flexibility index (Phi) is 3.09. The second kappa shape index (κ2) is 4.92. The summed E-state index contributed by atoms with van der Waals surface area (Å²) in [5.41, 5.74) is 1.75. The molecule has 2 aromatic carbocycles. The molecule has 0 spiro atoms. The van der Waals surface area contributed by atoms with Crippen LogP contribution in [0.4, 0.5) is 0 Å². The lowest BCUT2D eigenvalue weighted by atomic mass is 9.80. The minimum Gasteiger partial charge on any atom is -0.377 e. The van der Waals surface area contributed by atoms with Gasteiger partial charge in [-0.2, -0.15) is 5.26 Å².